The largest absolute Gasteiger partial charge is 0.387 e. The summed E-state index contributed by atoms with van der Waals surface area (Å²) in [5, 5.41) is 10.6. The molecule has 2 aromatic carbocycles. The summed E-state index contributed by atoms with van der Waals surface area (Å²) < 4.78 is 2.02. The Balaban J connectivity index is 1.85. The molecule has 4 rings (SSSR count). The van der Waals surface area contributed by atoms with E-state index < -0.39 is 6.10 Å². The van der Waals surface area contributed by atoms with E-state index in [-0.39, 0.29) is 0 Å². The number of fused-ring (bicyclic) bond motifs is 1. The number of nitrogens with zero attached hydrogens (tertiary/aromatic N) is 2. The van der Waals surface area contributed by atoms with Crippen molar-refractivity contribution in [1.29, 1.82) is 0 Å². The van der Waals surface area contributed by atoms with E-state index in [0.717, 1.165) is 28.2 Å². The Bertz CT molecular complexity index is 1030. The quantitative estimate of drug-likeness (QED) is 0.538. The van der Waals surface area contributed by atoms with E-state index in [0.29, 0.717) is 6.42 Å². The van der Waals surface area contributed by atoms with Crippen molar-refractivity contribution >= 4 is 5.65 Å². The standard InChI is InChI=1S/C23H22N2O/c1-3-20(26)22-21(24-23-16(2)8-7-15-25(22)23)19-13-11-18(12-14-19)17-9-5-4-6-10-17/h4-15,20,26H,3H2,1-2H3. The smallest absolute Gasteiger partial charge is 0.140 e. The van der Waals surface area contributed by atoms with Crippen LogP contribution in [0.25, 0.3) is 28.0 Å². The molecule has 2 heterocycles. The van der Waals surface area contributed by atoms with Crippen molar-refractivity contribution in [2.24, 2.45) is 0 Å². The Kier molecular flexibility index (Phi) is 4.31. The van der Waals surface area contributed by atoms with Crippen LogP contribution in [0.2, 0.25) is 0 Å². The first kappa shape index (κ1) is 16.6. The zero-order chi connectivity index (χ0) is 18.1. The minimum Gasteiger partial charge on any atom is -0.387 e. The zero-order valence-electron chi connectivity index (χ0n) is 15.1. The Labute approximate surface area is 153 Å². The summed E-state index contributed by atoms with van der Waals surface area (Å²) in [7, 11) is 0. The number of rotatable bonds is 4. The van der Waals surface area contributed by atoms with Crippen LogP contribution < -0.4 is 0 Å². The number of hydrogen-bond donors (Lipinski definition) is 1. The first-order valence-corrected chi connectivity index (χ1v) is 9.00. The Morgan fingerprint density at radius 1 is 0.885 bits per heavy atom. The van der Waals surface area contributed by atoms with Crippen molar-refractivity contribution in [1.82, 2.24) is 9.38 Å². The normalized spacial score (nSPS) is 12.4. The summed E-state index contributed by atoms with van der Waals surface area (Å²) >= 11 is 0. The molecule has 1 atom stereocenters. The van der Waals surface area contributed by atoms with Crippen LogP contribution in [0.3, 0.4) is 0 Å². The molecule has 0 aliphatic carbocycles. The van der Waals surface area contributed by atoms with Crippen LogP contribution in [0.4, 0.5) is 0 Å². The van der Waals surface area contributed by atoms with Crippen molar-refractivity contribution in [2.75, 3.05) is 0 Å². The lowest BCUT2D eigenvalue weighted by molar-refractivity contribution is 0.168. The molecule has 3 heteroatoms. The maximum Gasteiger partial charge on any atom is 0.140 e. The average Bonchev–Trinajstić information content (AvgIpc) is 3.09. The molecule has 0 bridgehead atoms. The van der Waals surface area contributed by atoms with Crippen LogP contribution in [0.1, 0.15) is 30.7 Å². The minimum absolute atomic E-state index is 0.546. The van der Waals surface area contributed by atoms with Crippen molar-refractivity contribution in [3.8, 4) is 22.4 Å². The molecule has 0 fully saturated rings. The van der Waals surface area contributed by atoms with Crippen LogP contribution >= 0.6 is 0 Å². The zero-order valence-corrected chi connectivity index (χ0v) is 15.1. The lowest BCUT2D eigenvalue weighted by Crippen LogP contribution is -2.02. The van der Waals surface area contributed by atoms with Gasteiger partial charge in [0.05, 0.1) is 17.5 Å². The highest BCUT2D eigenvalue weighted by atomic mass is 16.3. The van der Waals surface area contributed by atoms with E-state index in [1.807, 2.05) is 54.8 Å². The van der Waals surface area contributed by atoms with Crippen molar-refractivity contribution in [3.63, 3.8) is 0 Å². The fourth-order valence-electron chi connectivity index (χ4n) is 3.40. The molecule has 0 spiro atoms. The van der Waals surface area contributed by atoms with Crippen LogP contribution in [0.5, 0.6) is 0 Å². The van der Waals surface area contributed by atoms with Crippen LogP contribution in [0.15, 0.2) is 72.9 Å². The van der Waals surface area contributed by atoms with Crippen molar-refractivity contribution < 1.29 is 5.11 Å². The van der Waals surface area contributed by atoms with E-state index in [1.54, 1.807) is 0 Å². The van der Waals surface area contributed by atoms with E-state index in [9.17, 15) is 5.11 Å². The van der Waals surface area contributed by atoms with Crippen LogP contribution in [0, 0.1) is 6.92 Å². The molecule has 0 radical (unpaired) electrons. The number of hydrogen-bond acceptors (Lipinski definition) is 2. The van der Waals surface area contributed by atoms with E-state index in [1.165, 1.54) is 11.1 Å². The number of aliphatic hydroxyl groups excluding tert-OH is 1. The maximum atomic E-state index is 10.6. The summed E-state index contributed by atoms with van der Waals surface area (Å²) in [6.07, 6.45) is 2.08. The lowest BCUT2D eigenvalue weighted by Gasteiger charge is -2.11. The fourth-order valence-corrected chi connectivity index (χ4v) is 3.40. The van der Waals surface area contributed by atoms with Gasteiger partial charge in [-0.3, -0.25) is 0 Å². The third-order valence-electron chi connectivity index (χ3n) is 4.85. The minimum atomic E-state index is -0.546. The molecule has 0 amide bonds. The number of aliphatic hydroxyl groups is 1. The van der Waals surface area contributed by atoms with Gasteiger partial charge in [0.15, 0.2) is 0 Å². The van der Waals surface area contributed by atoms with Gasteiger partial charge in [0.2, 0.25) is 0 Å². The van der Waals surface area contributed by atoms with E-state index in [4.69, 9.17) is 4.98 Å². The van der Waals surface area contributed by atoms with Gasteiger partial charge < -0.3 is 9.51 Å². The topological polar surface area (TPSA) is 37.5 Å². The first-order valence-electron chi connectivity index (χ1n) is 9.00. The molecule has 2 aromatic heterocycles. The summed E-state index contributed by atoms with van der Waals surface area (Å²) in [6, 6.07) is 22.8. The predicted molar refractivity (Wildman–Crippen MR) is 106 cm³/mol. The second kappa shape index (κ2) is 6.77. The average molecular weight is 342 g/mol. The molecule has 0 saturated carbocycles. The summed E-state index contributed by atoms with van der Waals surface area (Å²) in [4.78, 5) is 4.86. The number of benzene rings is 2. The second-order valence-electron chi connectivity index (χ2n) is 6.60. The predicted octanol–water partition coefficient (Wildman–Crippen LogP) is 5.42. The molecule has 130 valence electrons. The van der Waals surface area contributed by atoms with Gasteiger partial charge in [0.25, 0.3) is 0 Å². The molecule has 3 nitrogen and oxygen atoms in total. The molecule has 1 unspecified atom stereocenters. The first-order chi connectivity index (χ1) is 12.7. The number of imidazole rings is 1. The maximum absolute atomic E-state index is 10.6. The van der Waals surface area contributed by atoms with Gasteiger partial charge in [0, 0.05) is 11.8 Å². The number of aromatic nitrogens is 2. The highest BCUT2D eigenvalue weighted by molar-refractivity contribution is 5.72. The van der Waals surface area contributed by atoms with Crippen LogP contribution in [-0.4, -0.2) is 14.5 Å². The van der Waals surface area contributed by atoms with E-state index >= 15 is 0 Å². The van der Waals surface area contributed by atoms with Crippen molar-refractivity contribution in [2.45, 2.75) is 26.4 Å². The van der Waals surface area contributed by atoms with Gasteiger partial charge in [-0.05, 0) is 36.1 Å². The molecule has 26 heavy (non-hydrogen) atoms. The van der Waals surface area contributed by atoms with Gasteiger partial charge in [-0.15, -0.1) is 0 Å². The van der Waals surface area contributed by atoms with Gasteiger partial charge >= 0.3 is 0 Å². The lowest BCUT2D eigenvalue weighted by atomic mass is 10.0. The molecule has 0 aliphatic heterocycles. The Hall–Kier alpha value is -2.91. The molecule has 0 saturated heterocycles. The molecule has 1 N–H and O–H groups in total. The number of aryl methyl sites for hydroxylation is 1. The van der Waals surface area contributed by atoms with Gasteiger partial charge in [0.1, 0.15) is 5.65 Å². The van der Waals surface area contributed by atoms with Gasteiger partial charge in [-0.1, -0.05) is 67.6 Å². The Morgan fingerprint density at radius 3 is 2.23 bits per heavy atom. The Morgan fingerprint density at radius 2 is 1.54 bits per heavy atom. The van der Waals surface area contributed by atoms with Crippen LogP contribution in [-0.2, 0) is 0 Å². The fraction of sp³-hybridized carbons (Fsp3) is 0.174. The van der Waals surface area contributed by atoms with Crippen molar-refractivity contribution in [3.05, 3.63) is 84.2 Å². The SMILES string of the molecule is CCC(O)c1c(-c2ccc(-c3ccccc3)cc2)nc2c(C)cccn12. The molecular formula is C23H22N2O. The number of pyridine rings is 1. The third kappa shape index (κ3) is 2.80. The molecular weight excluding hydrogens is 320 g/mol. The monoisotopic (exact) mass is 342 g/mol. The highest BCUT2D eigenvalue weighted by Crippen LogP contribution is 2.32. The summed E-state index contributed by atoms with van der Waals surface area (Å²) in [6.45, 7) is 4.04. The van der Waals surface area contributed by atoms with Gasteiger partial charge in [-0.2, -0.15) is 0 Å². The highest BCUT2D eigenvalue weighted by Gasteiger charge is 2.20. The van der Waals surface area contributed by atoms with E-state index in [2.05, 4.69) is 36.4 Å². The molecule has 0 aliphatic rings. The molecule has 4 aromatic rings. The second-order valence-corrected chi connectivity index (χ2v) is 6.60. The van der Waals surface area contributed by atoms with Gasteiger partial charge in [-0.25, -0.2) is 4.98 Å². The third-order valence-corrected chi connectivity index (χ3v) is 4.85. The summed E-state index contributed by atoms with van der Waals surface area (Å²) in [5.74, 6) is 0. The summed E-state index contributed by atoms with van der Waals surface area (Å²) in [5.41, 5.74) is 7.11.